The highest BCUT2D eigenvalue weighted by atomic mass is 35.7. The third kappa shape index (κ3) is 2.61. The van der Waals surface area contributed by atoms with Crippen LogP contribution in [0.2, 0.25) is 0 Å². The van der Waals surface area contributed by atoms with Gasteiger partial charge in [-0.15, -0.1) is 0 Å². The van der Waals surface area contributed by atoms with E-state index in [-0.39, 0.29) is 0 Å². The summed E-state index contributed by atoms with van der Waals surface area (Å²) in [5.74, 6) is -1.23. The Hall–Kier alpha value is -1.35. The molecule has 0 spiro atoms. The Morgan fingerprint density at radius 2 is 2.00 bits per heavy atom. The van der Waals surface area contributed by atoms with Gasteiger partial charge in [0.2, 0.25) is 0 Å². The minimum absolute atomic E-state index is 0.602. The average Bonchev–Trinajstić information content (AvgIpc) is 2.15. The molecule has 0 unspecified atom stereocenters. The Morgan fingerprint density at radius 3 is 2.38 bits per heavy atom. The van der Waals surface area contributed by atoms with Gasteiger partial charge < -0.3 is 10.1 Å². The van der Waals surface area contributed by atoms with E-state index >= 15 is 0 Å². The lowest BCUT2D eigenvalue weighted by Gasteiger charge is -2.01. The van der Waals surface area contributed by atoms with Crippen molar-refractivity contribution in [2.24, 2.45) is 0 Å². The van der Waals surface area contributed by atoms with Gasteiger partial charge in [-0.1, -0.05) is 0 Å². The molecule has 0 amide bonds. The highest BCUT2D eigenvalue weighted by Crippen LogP contribution is 2.28. The minimum Gasteiger partial charge on any atom is -0.358 e. The van der Waals surface area contributed by atoms with Crippen LogP contribution in [0.3, 0.4) is 0 Å². The van der Waals surface area contributed by atoms with Crippen LogP contribution in [0.25, 0.3) is 0 Å². The van der Waals surface area contributed by atoms with Crippen molar-refractivity contribution >= 4 is 25.6 Å². The number of aromatic nitrogens is 1. The number of alkyl halides is 2. The van der Waals surface area contributed by atoms with E-state index in [1.807, 2.05) is 0 Å². The van der Waals surface area contributed by atoms with Gasteiger partial charge in [-0.3, -0.25) is 0 Å². The molecule has 0 bridgehead atoms. The first-order valence-electron chi connectivity index (χ1n) is 3.61. The SMILES string of the molecule is O=[N+]([O-])c1nc(S(=O)(=O)Cl)ccc1C(F)F. The molecular weight excluding hydrogens is 270 g/mol. The lowest BCUT2D eigenvalue weighted by molar-refractivity contribution is -0.391. The minimum atomic E-state index is -4.29. The average molecular weight is 273 g/mol. The van der Waals surface area contributed by atoms with Gasteiger partial charge in [-0.25, -0.2) is 17.2 Å². The van der Waals surface area contributed by atoms with Gasteiger partial charge in [0.05, 0.1) is 0 Å². The third-order valence-electron chi connectivity index (χ3n) is 1.54. The van der Waals surface area contributed by atoms with Crippen molar-refractivity contribution in [3.8, 4) is 0 Å². The summed E-state index contributed by atoms with van der Waals surface area (Å²) >= 11 is 0. The smallest absolute Gasteiger partial charge is 0.358 e. The lowest BCUT2D eigenvalue weighted by Crippen LogP contribution is -2.03. The fourth-order valence-electron chi connectivity index (χ4n) is 0.894. The van der Waals surface area contributed by atoms with E-state index in [0.717, 1.165) is 0 Å². The molecule has 1 heterocycles. The summed E-state index contributed by atoms with van der Waals surface area (Å²) in [6.07, 6.45) is -3.13. The fraction of sp³-hybridized carbons (Fsp3) is 0.167. The molecular formula is C6H3ClF2N2O4S. The number of nitrogens with zero attached hydrogens (tertiary/aromatic N) is 2. The van der Waals surface area contributed by atoms with Gasteiger partial charge in [0.1, 0.15) is 5.56 Å². The zero-order chi connectivity index (χ0) is 12.5. The van der Waals surface area contributed by atoms with E-state index in [2.05, 4.69) is 4.98 Å². The van der Waals surface area contributed by atoms with E-state index in [9.17, 15) is 27.3 Å². The maximum absolute atomic E-state index is 12.3. The van der Waals surface area contributed by atoms with Gasteiger partial charge in [0, 0.05) is 16.7 Å². The van der Waals surface area contributed by atoms with Crippen molar-refractivity contribution < 1.29 is 22.1 Å². The fourth-order valence-corrected chi connectivity index (χ4v) is 1.58. The van der Waals surface area contributed by atoms with Gasteiger partial charge in [0.15, 0.2) is 0 Å². The topological polar surface area (TPSA) is 90.2 Å². The molecule has 0 N–H and O–H groups in total. The summed E-state index contributed by atoms with van der Waals surface area (Å²) in [6, 6.07) is 1.28. The molecule has 0 aromatic carbocycles. The first kappa shape index (κ1) is 12.7. The van der Waals surface area contributed by atoms with E-state index in [1.54, 1.807) is 0 Å². The molecule has 1 rings (SSSR count). The molecule has 1 aromatic rings. The summed E-state index contributed by atoms with van der Waals surface area (Å²) < 4.78 is 46.1. The van der Waals surface area contributed by atoms with Crippen molar-refractivity contribution in [3.63, 3.8) is 0 Å². The van der Waals surface area contributed by atoms with Crippen LogP contribution in [0, 0.1) is 10.1 Å². The number of hydrogen-bond acceptors (Lipinski definition) is 5. The van der Waals surface area contributed by atoms with E-state index in [1.165, 1.54) is 0 Å². The predicted octanol–water partition coefficient (Wildman–Crippen LogP) is 1.85. The van der Waals surface area contributed by atoms with Crippen LogP contribution in [-0.4, -0.2) is 18.3 Å². The van der Waals surface area contributed by atoms with Crippen molar-refractivity contribution in [3.05, 3.63) is 27.8 Å². The van der Waals surface area contributed by atoms with Crippen molar-refractivity contribution in [2.45, 2.75) is 11.5 Å². The summed E-state index contributed by atoms with van der Waals surface area (Å²) in [4.78, 5) is 12.1. The third-order valence-corrected chi connectivity index (χ3v) is 2.74. The van der Waals surface area contributed by atoms with Crippen LogP contribution in [0.15, 0.2) is 17.2 Å². The predicted molar refractivity (Wildman–Crippen MR) is 48.9 cm³/mol. The van der Waals surface area contributed by atoms with Gasteiger partial charge in [-0.05, 0) is 16.0 Å². The monoisotopic (exact) mass is 272 g/mol. The zero-order valence-corrected chi connectivity index (χ0v) is 8.87. The highest BCUT2D eigenvalue weighted by molar-refractivity contribution is 8.13. The molecule has 0 aliphatic heterocycles. The molecule has 1 aromatic heterocycles. The van der Waals surface area contributed by atoms with Gasteiger partial charge in [-0.2, -0.15) is 0 Å². The molecule has 0 saturated carbocycles. The van der Waals surface area contributed by atoms with E-state index in [0.29, 0.717) is 12.1 Å². The maximum atomic E-state index is 12.3. The van der Waals surface area contributed by atoms with Crippen LogP contribution >= 0.6 is 10.7 Å². The second kappa shape index (κ2) is 4.26. The number of rotatable bonds is 3. The van der Waals surface area contributed by atoms with E-state index < -0.39 is 36.8 Å². The van der Waals surface area contributed by atoms with Crippen LogP contribution in [0.5, 0.6) is 0 Å². The second-order valence-corrected chi connectivity index (χ2v) is 5.07. The Labute approximate surface area is 92.4 Å². The molecule has 0 radical (unpaired) electrons. The Kier molecular flexibility index (Phi) is 3.38. The number of hydrogen-bond donors (Lipinski definition) is 0. The highest BCUT2D eigenvalue weighted by Gasteiger charge is 2.28. The molecule has 0 aliphatic rings. The molecule has 88 valence electrons. The van der Waals surface area contributed by atoms with Crippen molar-refractivity contribution in [1.82, 2.24) is 4.98 Å². The lowest BCUT2D eigenvalue weighted by atomic mass is 10.3. The number of halogens is 3. The normalized spacial score (nSPS) is 11.8. The van der Waals surface area contributed by atoms with Crippen molar-refractivity contribution in [2.75, 3.05) is 0 Å². The maximum Gasteiger partial charge on any atom is 0.373 e. The standard InChI is InChI=1S/C6H3ClF2N2O4S/c7-16(14,15)4-2-1-3(5(8)9)6(10-4)11(12)13/h1-2,5H. The Morgan fingerprint density at radius 1 is 1.44 bits per heavy atom. The molecule has 16 heavy (non-hydrogen) atoms. The Balaban J connectivity index is 3.46. The van der Waals surface area contributed by atoms with Crippen molar-refractivity contribution in [1.29, 1.82) is 0 Å². The molecule has 10 heteroatoms. The largest absolute Gasteiger partial charge is 0.373 e. The first-order valence-corrected chi connectivity index (χ1v) is 5.92. The molecule has 0 aliphatic carbocycles. The van der Waals surface area contributed by atoms with Gasteiger partial charge in [0.25, 0.3) is 11.5 Å². The summed E-state index contributed by atoms with van der Waals surface area (Å²) in [7, 11) is 0.577. The van der Waals surface area contributed by atoms with Crippen LogP contribution in [0.4, 0.5) is 14.6 Å². The number of pyridine rings is 1. The van der Waals surface area contributed by atoms with E-state index in [4.69, 9.17) is 10.7 Å². The molecule has 0 saturated heterocycles. The summed E-state index contributed by atoms with van der Waals surface area (Å²) in [5, 5.41) is 9.53. The summed E-state index contributed by atoms with van der Waals surface area (Å²) in [6.45, 7) is 0. The summed E-state index contributed by atoms with van der Waals surface area (Å²) in [5.41, 5.74) is -0.964. The molecule has 0 fully saturated rings. The van der Waals surface area contributed by atoms with Crippen LogP contribution in [-0.2, 0) is 9.05 Å². The van der Waals surface area contributed by atoms with Crippen LogP contribution in [0.1, 0.15) is 12.0 Å². The Bertz CT molecular complexity index is 533. The number of nitro groups is 1. The zero-order valence-electron chi connectivity index (χ0n) is 7.30. The first-order chi connectivity index (χ1) is 7.23. The second-order valence-electron chi connectivity index (χ2n) is 2.56. The molecule has 0 atom stereocenters. The quantitative estimate of drug-likeness (QED) is 0.476. The molecule has 6 nitrogen and oxygen atoms in total. The van der Waals surface area contributed by atoms with Gasteiger partial charge >= 0.3 is 14.9 Å². The van der Waals surface area contributed by atoms with Crippen LogP contribution < -0.4 is 0 Å².